The second-order valence-corrected chi connectivity index (χ2v) is 5.73. The molecule has 1 saturated carbocycles. The number of carbonyl (C=O) groups is 1. The Morgan fingerprint density at radius 3 is 2.61 bits per heavy atom. The Balaban J connectivity index is 1.62. The van der Waals surface area contributed by atoms with Crippen LogP contribution in [0.15, 0.2) is 0 Å². The molecule has 2 aliphatic rings. The minimum Gasteiger partial charge on any atom is -0.377 e. The van der Waals surface area contributed by atoms with Crippen molar-refractivity contribution in [3.05, 3.63) is 0 Å². The fourth-order valence-electron chi connectivity index (χ4n) is 2.95. The molecule has 104 valence electrons. The highest BCUT2D eigenvalue weighted by Gasteiger charge is 2.20. The van der Waals surface area contributed by atoms with Gasteiger partial charge in [0.25, 0.3) is 0 Å². The van der Waals surface area contributed by atoms with E-state index in [4.69, 9.17) is 4.74 Å². The third-order valence-electron chi connectivity index (χ3n) is 3.92. The van der Waals surface area contributed by atoms with Crippen molar-refractivity contribution in [2.75, 3.05) is 26.7 Å². The zero-order valence-electron chi connectivity index (χ0n) is 11.5. The molecule has 0 aromatic heterocycles. The molecule has 2 rings (SSSR count). The average molecular weight is 254 g/mol. The summed E-state index contributed by atoms with van der Waals surface area (Å²) in [6, 6.07) is 0.428. The Morgan fingerprint density at radius 2 is 1.94 bits per heavy atom. The molecule has 0 aromatic carbocycles. The number of ether oxygens (including phenoxy) is 1. The first-order valence-corrected chi connectivity index (χ1v) is 7.33. The molecule has 0 spiro atoms. The Kier molecular flexibility index (Phi) is 5.45. The Hall–Kier alpha value is -0.610. The van der Waals surface area contributed by atoms with Gasteiger partial charge < -0.3 is 10.1 Å². The number of nitrogens with one attached hydrogen (secondary N) is 1. The van der Waals surface area contributed by atoms with E-state index in [-0.39, 0.29) is 5.91 Å². The highest BCUT2D eigenvalue weighted by Crippen LogP contribution is 2.17. The van der Waals surface area contributed by atoms with Crippen LogP contribution < -0.4 is 5.32 Å². The summed E-state index contributed by atoms with van der Waals surface area (Å²) in [5.74, 6) is 0.167. The largest absolute Gasteiger partial charge is 0.377 e. The van der Waals surface area contributed by atoms with Crippen LogP contribution in [0.1, 0.15) is 44.9 Å². The minimum absolute atomic E-state index is 0.167. The molecule has 0 bridgehead atoms. The number of hydrogen-bond acceptors (Lipinski definition) is 3. The maximum absolute atomic E-state index is 11.9. The van der Waals surface area contributed by atoms with Gasteiger partial charge in [-0.25, -0.2) is 0 Å². The van der Waals surface area contributed by atoms with Gasteiger partial charge in [-0.3, -0.25) is 9.69 Å². The molecule has 2 fully saturated rings. The number of rotatable bonds is 5. The van der Waals surface area contributed by atoms with Crippen LogP contribution in [-0.4, -0.2) is 49.7 Å². The highest BCUT2D eigenvalue weighted by molar-refractivity contribution is 5.78. The molecule has 1 heterocycles. The van der Waals surface area contributed by atoms with Gasteiger partial charge in [0.15, 0.2) is 0 Å². The second kappa shape index (κ2) is 7.10. The molecular weight excluding hydrogens is 228 g/mol. The maximum Gasteiger partial charge on any atom is 0.234 e. The fraction of sp³-hybridized carbons (Fsp3) is 0.929. The molecule has 1 amide bonds. The third kappa shape index (κ3) is 4.58. The van der Waals surface area contributed by atoms with E-state index in [2.05, 4.69) is 10.2 Å². The van der Waals surface area contributed by atoms with Gasteiger partial charge in [-0.2, -0.15) is 0 Å². The number of carbonyl (C=O) groups excluding carboxylic acids is 1. The summed E-state index contributed by atoms with van der Waals surface area (Å²) in [6.45, 7) is 2.25. The van der Waals surface area contributed by atoms with E-state index in [0.29, 0.717) is 18.7 Å². The van der Waals surface area contributed by atoms with Gasteiger partial charge in [-0.1, -0.05) is 12.8 Å². The van der Waals surface area contributed by atoms with Crippen LogP contribution in [-0.2, 0) is 9.53 Å². The standard InChI is InChI=1S/C14H26N2O2/c1-16(10-13-8-4-5-9-18-13)11-14(17)15-12-6-2-3-7-12/h12-13H,2-11H2,1H3,(H,15,17). The van der Waals surface area contributed by atoms with E-state index in [0.717, 1.165) is 32.4 Å². The van der Waals surface area contributed by atoms with Crippen molar-refractivity contribution < 1.29 is 9.53 Å². The van der Waals surface area contributed by atoms with Crippen LogP contribution in [0.3, 0.4) is 0 Å². The van der Waals surface area contributed by atoms with Crippen LogP contribution in [0.2, 0.25) is 0 Å². The van der Waals surface area contributed by atoms with Crippen LogP contribution in [0, 0.1) is 0 Å². The monoisotopic (exact) mass is 254 g/mol. The van der Waals surface area contributed by atoms with Crippen LogP contribution in [0.4, 0.5) is 0 Å². The third-order valence-corrected chi connectivity index (χ3v) is 3.92. The number of likely N-dealkylation sites (N-methyl/N-ethyl adjacent to an activating group) is 1. The van der Waals surface area contributed by atoms with Crippen LogP contribution >= 0.6 is 0 Å². The molecular formula is C14H26N2O2. The fourth-order valence-corrected chi connectivity index (χ4v) is 2.95. The van der Waals surface area contributed by atoms with E-state index in [1.807, 2.05) is 7.05 Å². The SMILES string of the molecule is CN(CC(=O)NC1CCCC1)CC1CCCCO1. The zero-order chi connectivity index (χ0) is 12.8. The quantitative estimate of drug-likeness (QED) is 0.809. The summed E-state index contributed by atoms with van der Waals surface area (Å²) in [6.07, 6.45) is 8.72. The van der Waals surface area contributed by atoms with Crippen molar-refractivity contribution in [2.45, 2.75) is 57.1 Å². The summed E-state index contributed by atoms with van der Waals surface area (Å²) in [4.78, 5) is 13.9. The molecule has 1 unspecified atom stereocenters. The number of nitrogens with zero attached hydrogens (tertiary/aromatic N) is 1. The smallest absolute Gasteiger partial charge is 0.234 e. The average Bonchev–Trinajstić information content (AvgIpc) is 2.82. The number of hydrogen-bond donors (Lipinski definition) is 1. The number of amides is 1. The Bertz CT molecular complexity index is 259. The lowest BCUT2D eigenvalue weighted by Gasteiger charge is -2.27. The molecule has 4 heteroatoms. The minimum atomic E-state index is 0.167. The summed E-state index contributed by atoms with van der Waals surface area (Å²) < 4.78 is 5.69. The molecule has 4 nitrogen and oxygen atoms in total. The van der Waals surface area contributed by atoms with Crippen LogP contribution in [0.25, 0.3) is 0 Å². The van der Waals surface area contributed by atoms with Crippen molar-refractivity contribution >= 4 is 5.91 Å². The molecule has 1 aliphatic heterocycles. The van der Waals surface area contributed by atoms with E-state index in [1.54, 1.807) is 0 Å². The molecule has 18 heavy (non-hydrogen) atoms. The van der Waals surface area contributed by atoms with Gasteiger partial charge in [0, 0.05) is 19.2 Å². The highest BCUT2D eigenvalue weighted by atomic mass is 16.5. The molecule has 0 aromatic rings. The molecule has 1 saturated heterocycles. The normalized spacial score (nSPS) is 25.6. The van der Waals surface area contributed by atoms with E-state index in [1.165, 1.54) is 25.7 Å². The summed E-state index contributed by atoms with van der Waals surface area (Å²) in [5.41, 5.74) is 0. The van der Waals surface area contributed by atoms with Crippen LogP contribution in [0.5, 0.6) is 0 Å². The molecule has 0 radical (unpaired) electrons. The van der Waals surface area contributed by atoms with Gasteiger partial charge in [0.2, 0.25) is 5.91 Å². The van der Waals surface area contributed by atoms with Gasteiger partial charge in [-0.05, 0) is 39.2 Å². The van der Waals surface area contributed by atoms with Gasteiger partial charge in [-0.15, -0.1) is 0 Å². The predicted molar refractivity (Wildman–Crippen MR) is 71.5 cm³/mol. The van der Waals surface area contributed by atoms with E-state index in [9.17, 15) is 4.79 Å². The summed E-state index contributed by atoms with van der Waals surface area (Å²) >= 11 is 0. The lowest BCUT2D eigenvalue weighted by atomic mass is 10.1. The van der Waals surface area contributed by atoms with Gasteiger partial charge >= 0.3 is 0 Å². The van der Waals surface area contributed by atoms with E-state index >= 15 is 0 Å². The second-order valence-electron chi connectivity index (χ2n) is 5.73. The maximum atomic E-state index is 11.9. The first kappa shape index (κ1) is 13.8. The Labute approximate surface area is 110 Å². The lowest BCUT2D eigenvalue weighted by Crippen LogP contribution is -2.42. The summed E-state index contributed by atoms with van der Waals surface area (Å²) in [5, 5.41) is 3.13. The van der Waals surface area contributed by atoms with E-state index < -0.39 is 0 Å². The Morgan fingerprint density at radius 1 is 1.22 bits per heavy atom. The predicted octanol–water partition coefficient (Wildman–Crippen LogP) is 1.55. The van der Waals surface area contributed by atoms with Crippen molar-refractivity contribution in [2.24, 2.45) is 0 Å². The van der Waals surface area contributed by atoms with Crippen molar-refractivity contribution in [3.8, 4) is 0 Å². The molecule has 1 atom stereocenters. The first-order valence-electron chi connectivity index (χ1n) is 7.33. The van der Waals surface area contributed by atoms with Crippen molar-refractivity contribution in [3.63, 3.8) is 0 Å². The lowest BCUT2D eigenvalue weighted by molar-refractivity contribution is -0.123. The topological polar surface area (TPSA) is 41.6 Å². The molecule has 1 N–H and O–H groups in total. The zero-order valence-corrected chi connectivity index (χ0v) is 11.5. The van der Waals surface area contributed by atoms with Gasteiger partial charge in [0.05, 0.1) is 12.6 Å². The van der Waals surface area contributed by atoms with Crippen molar-refractivity contribution in [1.29, 1.82) is 0 Å². The summed E-state index contributed by atoms with van der Waals surface area (Å²) in [7, 11) is 2.01. The van der Waals surface area contributed by atoms with Crippen molar-refractivity contribution in [1.82, 2.24) is 10.2 Å². The first-order chi connectivity index (χ1) is 8.74. The molecule has 1 aliphatic carbocycles. The van der Waals surface area contributed by atoms with Gasteiger partial charge in [0.1, 0.15) is 0 Å².